The van der Waals surface area contributed by atoms with Crippen LogP contribution in [0.25, 0.3) is 0 Å². The summed E-state index contributed by atoms with van der Waals surface area (Å²) in [5.41, 5.74) is 2.10. The highest BCUT2D eigenvalue weighted by atomic mass is 19.1. The highest BCUT2D eigenvalue weighted by Gasteiger charge is 2.50. The van der Waals surface area contributed by atoms with Gasteiger partial charge in [0.2, 0.25) is 0 Å². The summed E-state index contributed by atoms with van der Waals surface area (Å²) >= 11 is 0. The first kappa shape index (κ1) is 25.4. The predicted molar refractivity (Wildman–Crippen MR) is 142 cm³/mol. The largest absolute Gasteiger partial charge is 0.466 e. The lowest BCUT2D eigenvalue weighted by molar-refractivity contribution is 0.0633. The van der Waals surface area contributed by atoms with Gasteiger partial charge in [0.15, 0.2) is 0 Å². The van der Waals surface area contributed by atoms with Crippen LogP contribution in [-0.2, 0) is 10.2 Å². The number of halogens is 1. The summed E-state index contributed by atoms with van der Waals surface area (Å²) in [4.78, 5) is 32.6. The van der Waals surface area contributed by atoms with E-state index >= 15 is 0 Å². The number of ether oxygens (including phenoxy) is 1. The lowest BCUT2D eigenvalue weighted by atomic mass is 9.74. The Bertz CT molecular complexity index is 1230. The Morgan fingerprint density at radius 2 is 1.92 bits per heavy atom. The summed E-state index contributed by atoms with van der Waals surface area (Å²) in [6.45, 7) is 9.10. The summed E-state index contributed by atoms with van der Waals surface area (Å²) in [6, 6.07) is 7.37. The standard InChI is InChI=1S/C30H38FN3O4/c1-4-37-29(36)33-11-5-6-21-15-23(17-27(21)33)32-12-9-30(10-13-32)18-34(26-8-7-22(31)16-25(26)30)28(35)24-14-19(2)38-20(24)3/h7-8,14,16,21,23,27H,4-6,9-13,15,17-18H2,1-3H3. The topological polar surface area (TPSA) is 66.2 Å². The van der Waals surface area contributed by atoms with Crippen molar-refractivity contribution in [3.05, 3.63) is 52.7 Å². The minimum Gasteiger partial charge on any atom is -0.466 e. The molecule has 8 heteroatoms. The number of hydrogen-bond donors (Lipinski definition) is 0. The van der Waals surface area contributed by atoms with Crippen LogP contribution >= 0.6 is 0 Å². The van der Waals surface area contributed by atoms with E-state index < -0.39 is 0 Å². The molecule has 7 nitrogen and oxygen atoms in total. The fourth-order valence-electron chi connectivity index (χ4n) is 7.74. The summed E-state index contributed by atoms with van der Waals surface area (Å²) < 4.78 is 25.5. The molecule has 1 aromatic heterocycles. The Labute approximate surface area is 223 Å². The first-order valence-corrected chi connectivity index (χ1v) is 14.2. The number of benzene rings is 1. The number of carbonyl (C=O) groups is 2. The zero-order chi connectivity index (χ0) is 26.6. The number of aryl methyl sites for hydroxylation is 2. The van der Waals surface area contributed by atoms with Gasteiger partial charge in [-0.3, -0.25) is 4.79 Å². The first-order valence-electron chi connectivity index (χ1n) is 14.2. The van der Waals surface area contributed by atoms with Crippen molar-refractivity contribution in [1.29, 1.82) is 0 Å². The van der Waals surface area contributed by atoms with E-state index in [-0.39, 0.29) is 29.3 Å². The molecule has 3 fully saturated rings. The highest BCUT2D eigenvalue weighted by Crippen LogP contribution is 2.49. The monoisotopic (exact) mass is 523 g/mol. The fourth-order valence-corrected chi connectivity index (χ4v) is 7.74. The minimum atomic E-state index is -0.255. The number of rotatable bonds is 3. The van der Waals surface area contributed by atoms with Crippen molar-refractivity contribution in [2.75, 3.05) is 37.7 Å². The molecule has 0 bridgehead atoms. The molecule has 0 radical (unpaired) electrons. The molecular formula is C30H38FN3O4. The van der Waals surface area contributed by atoms with Crippen LogP contribution in [0.1, 0.15) is 72.9 Å². The second kappa shape index (κ2) is 9.70. The van der Waals surface area contributed by atoms with Crippen molar-refractivity contribution >= 4 is 17.7 Å². The molecule has 4 heterocycles. The van der Waals surface area contributed by atoms with E-state index in [4.69, 9.17) is 9.15 Å². The zero-order valence-electron chi connectivity index (χ0n) is 22.7. The van der Waals surface area contributed by atoms with Gasteiger partial charge < -0.3 is 23.9 Å². The number of furan rings is 1. The number of nitrogens with zero attached hydrogens (tertiary/aromatic N) is 3. The van der Waals surface area contributed by atoms with Crippen LogP contribution in [0.3, 0.4) is 0 Å². The third kappa shape index (κ3) is 4.21. The van der Waals surface area contributed by atoms with Gasteiger partial charge in [-0.05, 0) is 108 Å². The van der Waals surface area contributed by atoms with Crippen molar-refractivity contribution in [2.45, 2.75) is 76.8 Å². The molecule has 204 valence electrons. The van der Waals surface area contributed by atoms with Gasteiger partial charge >= 0.3 is 6.09 Å². The summed E-state index contributed by atoms with van der Waals surface area (Å²) in [5, 5.41) is 0. The molecule has 1 aliphatic carbocycles. The molecule has 0 N–H and O–H groups in total. The van der Waals surface area contributed by atoms with Crippen LogP contribution in [0.2, 0.25) is 0 Å². The number of carbonyl (C=O) groups excluding carboxylic acids is 2. The maximum absolute atomic E-state index is 14.5. The van der Waals surface area contributed by atoms with Crippen LogP contribution < -0.4 is 4.90 Å². The highest BCUT2D eigenvalue weighted by molar-refractivity contribution is 6.08. The van der Waals surface area contributed by atoms with Gasteiger partial charge in [0, 0.05) is 36.3 Å². The average molecular weight is 524 g/mol. The summed E-state index contributed by atoms with van der Waals surface area (Å²) in [7, 11) is 0. The SMILES string of the molecule is CCOC(=O)N1CCCC2CC(N3CCC4(CC3)CN(C(=O)c3cc(C)oc3C)c3ccc(F)cc34)CC21. The second-order valence-electron chi connectivity index (χ2n) is 11.7. The molecule has 3 atom stereocenters. The van der Waals surface area contributed by atoms with Crippen molar-refractivity contribution in [2.24, 2.45) is 5.92 Å². The minimum absolute atomic E-state index is 0.0783. The Kier molecular flexibility index (Phi) is 6.49. The third-order valence-electron chi connectivity index (χ3n) is 9.58. The molecule has 38 heavy (non-hydrogen) atoms. The number of likely N-dealkylation sites (tertiary alicyclic amines) is 2. The van der Waals surface area contributed by atoms with Gasteiger partial charge in [0.1, 0.15) is 17.3 Å². The summed E-state index contributed by atoms with van der Waals surface area (Å²) in [6.07, 6.45) is 5.91. The van der Waals surface area contributed by atoms with Gasteiger partial charge in [-0.25, -0.2) is 9.18 Å². The molecule has 2 saturated heterocycles. The average Bonchev–Trinajstić information content (AvgIpc) is 3.57. The Morgan fingerprint density at radius 1 is 1.13 bits per heavy atom. The van der Waals surface area contributed by atoms with Crippen molar-refractivity contribution in [1.82, 2.24) is 9.80 Å². The van der Waals surface area contributed by atoms with Gasteiger partial charge in [-0.2, -0.15) is 0 Å². The van der Waals surface area contributed by atoms with Gasteiger partial charge in [-0.1, -0.05) is 0 Å². The molecule has 3 unspecified atom stereocenters. The van der Waals surface area contributed by atoms with E-state index in [9.17, 15) is 14.0 Å². The lowest BCUT2D eigenvalue weighted by Gasteiger charge is -2.42. The van der Waals surface area contributed by atoms with E-state index in [1.165, 1.54) is 12.5 Å². The van der Waals surface area contributed by atoms with Crippen LogP contribution in [0.15, 0.2) is 28.7 Å². The number of piperidine rings is 2. The number of amides is 2. The maximum Gasteiger partial charge on any atom is 0.410 e. The normalized spacial score (nSPS) is 26.5. The lowest BCUT2D eigenvalue weighted by Crippen LogP contribution is -2.49. The van der Waals surface area contributed by atoms with Gasteiger partial charge in [0.05, 0.1) is 12.2 Å². The van der Waals surface area contributed by atoms with E-state index in [0.717, 1.165) is 63.0 Å². The molecule has 3 aliphatic heterocycles. The Balaban J connectivity index is 1.19. The fraction of sp³-hybridized carbons (Fsp3) is 0.600. The van der Waals surface area contributed by atoms with E-state index in [0.29, 0.717) is 42.2 Å². The van der Waals surface area contributed by atoms with E-state index in [1.807, 2.05) is 30.6 Å². The Hall–Kier alpha value is -2.87. The smallest absolute Gasteiger partial charge is 0.410 e. The first-order chi connectivity index (χ1) is 18.3. The number of hydrogen-bond acceptors (Lipinski definition) is 5. The van der Waals surface area contributed by atoms with Crippen LogP contribution in [0.5, 0.6) is 0 Å². The molecule has 4 aliphatic rings. The number of fused-ring (bicyclic) bond motifs is 3. The van der Waals surface area contributed by atoms with Crippen LogP contribution in [0.4, 0.5) is 14.9 Å². The zero-order valence-corrected chi connectivity index (χ0v) is 22.7. The third-order valence-corrected chi connectivity index (χ3v) is 9.58. The molecule has 1 aromatic carbocycles. The number of anilines is 1. The maximum atomic E-state index is 14.5. The molecule has 6 rings (SSSR count). The molecule has 1 saturated carbocycles. The van der Waals surface area contributed by atoms with E-state index in [1.54, 1.807) is 18.2 Å². The summed E-state index contributed by atoms with van der Waals surface area (Å²) in [5.74, 6) is 1.53. The van der Waals surface area contributed by atoms with E-state index in [2.05, 4.69) is 4.90 Å². The molecule has 1 spiro atoms. The quantitative estimate of drug-likeness (QED) is 0.537. The Morgan fingerprint density at radius 3 is 2.63 bits per heavy atom. The molecule has 2 aromatic rings. The van der Waals surface area contributed by atoms with Crippen molar-refractivity contribution in [3.8, 4) is 0 Å². The second-order valence-corrected chi connectivity index (χ2v) is 11.7. The van der Waals surface area contributed by atoms with Crippen molar-refractivity contribution < 1.29 is 23.1 Å². The van der Waals surface area contributed by atoms with Gasteiger partial charge in [-0.15, -0.1) is 0 Å². The van der Waals surface area contributed by atoms with Crippen molar-refractivity contribution in [3.63, 3.8) is 0 Å². The van der Waals surface area contributed by atoms with Gasteiger partial charge in [0.25, 0.3) is 5.91 Å². The predicted octanol–water partition coefficient (Wildman–Crippen LogP) is 5.43. The molecular weight excluding hydrogens is 485 g/mol. The van der Waals surface area contributed by atoms with Crippen LogP contribution in [-0.4, -0.2) is 66.7 Å². The van der Waals surface area contributed by atoms with Crippen LogP contribution in [0, 0.1) is 25.6 Å². The molecule has 2 amide bonds.